The van der Waals surface area contributed by atoms with Gasteiger partial charge in [-0.1, -0.05) is 19.8 Å². The van der Waals surface area contributed by atoms with Gasteiger partial charge in [0.15, 0.2) is 0 Å². The van der Waals surface area contributed by atoms with Crippen LogP contribution in [-0.2, 0) is 0 Å². The highest BCUT2D eigenvalue weighted by molar-refractivity contribution is 6.20. The number of halogens is 1. The molecule has 2 bridgehead atoms. The first kappa shape index (κ1) is 11.7. The number of hydrogen-bond donors (Lipinski definition) is 1. The highest BCUT2D eigenvalue weighted by Crippen LogP contribution is 2.47. The SMILES string of the molecule is CCCC(Cl)CNCC1CC2CCC1C2. The van der Waals surface area contributed by atoms with Crippen LogP contribution in [0.15, 0.2) is 0 Å². The van der Waals surface area contributed by atoms with E-state index in [-0.39, 0.29) is 0 Å². The Morgan fingerprint density at radius 1 is 1.33 bits per heavy atom. The Kier molecular flexibility index (Phi) is 4.33. The second kappa shape index (κ2) is 5.54. The largest absolute Gasteiger partial charge is 0.315 e. The molecular formula is C13H24ClN. The molecule has 0 aromatic heterocycles. The van der Waals surface area contributed by atoms with Gasteiger partial charge in [-0.3, -0.25) is 0 Å². The molecule has 2 fully saturated rings. The quantitative estimate of drug-likeness (QED) is 0.689. The van der Waals surface area contributed by atoms with Crippen molar-refractivity contribution in [2.45, 2.75) is 50.8 Å². The van der Waals surface area contributed by atoms with Crippen LogP contribution in [0.3, 0.4) is 0 Å². The van der Waals surface area contributed by atoms with Crippen molar-refractivity contribution < 1.29 is 0 Å². The summed E-state index contributed by atoms with van der Waals surface area (Å²) in [6.45, 7) is 4.42. The summed E-state index contributed by atoms with van der Waals surface area (Å²) in [5, 5.41) is 3.91. The number of rotatable bonds is 6. The van der Waals surface area contributed by atoms with Crippen LogP contribution in [0, 0.1) is 17.8 Å². The molecule has 1 N–H and O–H groups in total. The van der Waals surface area contributed by atoms with E-state index >= 15 is 0 Å². The third kappa shape index (κ3) is 3.10. The van der Waals surface area contributed by atoms with E-state index in [9.17, 15) is 0 Å². The average molecular weight is 230 g/mol. The fourth-order valence-electron chi connectivity index (χ4n) is 3.47. The molecule has 0 radical (unpaired) electrons. The predicted molar refractivity (Wildman–Crippen MR) is 66.4 cm³/mol. The Bertz CT molecular complexity index is 195. The third-order valence-corrected chi connectivity index (χ3v) is 4.63. The van der Waals surface area contributed by atoms with E-state index in [1.54, 1.807) is 0 Å². The summed E-state index contributed by atoms with van der Waals surface area (Å²) in [4.78, 5) is 0. The van der Waals surface area contributed by atoms with Gasteiger partial charge in [0.25, 0.3) is 0 Å². The molecule has 0 heterocycles. The van der Waals surface area contributed by atoms with Crippen molar-refractivity contribution in [2.24, 2.45) is 17.8 Å². The van der Waals surface area contributed by atoms with Crippen molar-refractivity contribution in [1.29, 1.82) is 0 Å². The Hall–Kier alpha value is 0.250. The lowest BCUT2D eigenvalue weighted by Gasteiger charge is -2.22. The van der Waals surface area contributed by atoms with Crippen LogP contribution >= 0.6 is 11.6 Å². The third-order valence-electron chi connectivity index (χ3n) is 4.26. The molecule has 88 valence electrons. The van der Waals surface area contributed by atoms with Crippen LogP contribution in [-0.4, -0.2) is 18.5 Å². The molecule has 0 saturated heterocycles. The Labute approximate surface area is 99.0 Å². The summed E-state index contributed by atoms with van der Waals surface area (Å²) in [7, 11) is 0. The summed E-state index contributed by atoms with van der Waals surface area (Å²) < 4.78 is 0. The zero-order valence-electron chi connectivity index (χ0n) is 9.84. The maximum absolute atomic E-state index is 6.18. The monoisotopic (exact) mass is 229 g/mol. The molecule has 2 heteroatoms. The lowest BCUT2D eigenvalue weighted by atomic mass is 9.89. The molecule has 2 aliphatic carbocycles. The maximum atomic E-state index is 6.18. The molecule has 0 aromatic rings. The molecule has 0 spiro atoms. The number of nitrogens with one attached hydrogen (secondary N) is 1. The minimum atomic E-state index is 0.341. The smallest absolute Gasteiger partial charge is 0.0460 e. The van der Waals surface area contributed by atoms with E-state index in [1.807, 2.05) is 0 Å². The summed E-state index contributed by atoms with van der Waals surface area (Å²) in [5.74, 6) is 3.08. The molecule has 1 nitrogen and oxygen atoms in total. The standard InChI is InChI=1S/C13H24ClN/c1-2-3-13(14)9-15-8-12-7-10-4-5-11(12)6-10/h10-13,15H,2-9H2,1H3. The van der Waals surface area contributed by atoms with Crippen LogP contribution in [0.4, 0.5) is 0 Å². The van der Waals surface area contributed by atoms with Gasteiger partial charge in [0.2, 0.25) is 0 Å². The van der Waals surface area contributed by atoms with Gasteiger partial charge < -0.3 is 5.32 Å². The van der Waals surface area contributed by atoms with E-state index < -0.39 is 0 Å². The normalized spacial score (nSPS) is 36.0. The van der Waals surface area contributed by atoms with E-state index in [1.165, 1.54) is 38.6 Å². The number of alkyl halides is 1. The fourth-order valence-corrected chi connectivity index (χ4v) is 3.79. The number of fused-ring (bicyclic) bond motifs is 2. The van der Waals surface area contributed by atoms with Gasteiger partial charge in [-0.15, -0.1) is 11.6 Å². The molecule has 15 heavy (non-hydrogen) atoms. The summed E-state index contributed by atoms with van der Waals surface area (Å²) >= 11 is 6.18. The van der Waals surface area contributed by atoms with Gasteiger partial charge in [-0.2, -0.15) is 0 Å². The summed E-state index contributed by atoms with van der Waals surface area (Å²) in [5.41, 5.74) is 0. The van der Waals surface area contributed by atoms with Crippen molar-refractivity contribution in [3.8, 4) is 0 Å². The molecular weight excluding hydrogens is 206 g/mol. The maximum Gasteiger partial charge on any atom is 0.0460 e. The van der Waals surface area contributed by atoms with Crippen molar-refractivity contribution in [2.75, 3.05) is 13.1 Å². The van der Waals surface area contributed by atoms with Gasteiger partial charge in [0.05, 0.1) is 0 Å². The number of hydrogen-bond acceptors (Lipinski definition) is 1. The lowest BCUT2D eigenvalue weighted by molar-refractivity contribution is 0.319. The van der Waals surface area contributed by atoms with E-state index in [4.69, 9.17) is 11.6 Å². The Morgan fingerprint density at radius 2 is 2.20 bits per heavy atom. The average Bonchev–Trinajstić information content (AvgIpc) is 2.79. The summed E-state index contributed by atoms with van der Waals surface area (Å²) in [6, 6.07) is 0. The van der Waals surface area contributed by atoms with E-state index in [2.05, 4.69) is 12.2 Å². The highest BCUT2D eigenvalue weighted by atomic mass is 35.5. The van der Waals surface area contributed by atoms with Crippen LogP contribution in [0.25, 0.3) is 0 Å². The van der Waals surface area contributed by atoms with Crippen LogP contribution in [0.2, 0.25) is 0 Å². The molecule has 0 aromatic carbocycles. The van der Waals surface area contributed by atoms with E-state index in [0.717, 1.165) is 30.7 Å². The van der Waals surface area contributed by atoms with Crippen molar-refractivity contribution in [1.82, 2.24) is 5.32 Å². The first-order chi connectivity index (χ1) is 7.29. The molecule has 0 aliphatic heterocycles. The zero-order valence-corrected chi connectivity index (χ0v) is 10.6. The molecule has 2 aliphatic rings. The van der Waals surface area contributed by atoms with Gasteiger partial charge in [-0.05, 0) is 50.0 Å². The molecule has 2 rings (SSSR count). The van der Waals surface area contributed by atoms with Gasteiger partial charge in [0, 0.05) is 11.9 Å². The highest BCUT2D eigenvalue weighted by Gasteiger charge is 2.38. The van der Waals surface area contributed by atoms with Crippen LogP contribution in [0.1, 0.15) is 45.4 Å². The molecule has 2 saturated carbocycles. The Balaban J connectivity index is 1.58. The molecule has 0 amide bonds. The topological polar surface area (TPSA) is 12.0 Å². The molecule has 4 atom stereocenters. The van der Waals surface area contributed by atoms with Gasteiger partial charge in [0.1, 0.15) is 0 Å². The zero-order chi connectivity index (χ0) is 10.7. The van der Waals surface area contributed by atoms with Crippen molar-refractivity contribution in [3.63, 3.8) is 0 Å². The van der Waals surface area contributed by atoms with E-state index in [0.29, 0.717) is 5.38 Å². The second-order valence-electron chi connectivity index (χ2n) is 5.48. The Morgan fingerprint density at radius 3 is 2.80 bits per heavy atom. The van der Waals surface area contributed by atoms with Crippen LogP contribution in [0.5, 0.6) is 0 Å². The predicted octanol–water partition coefficient (Wildman–Crippen LogP) is 3.42. The first-order valence-electron chi connectivity index (χ1n) is 6.64. The van der Waals surface area contributed by atoms with Gasteiger partial charge >= 0.3 is 0 Å². The first-order valence-corrected chi connectivity index (χ1v) is 7.08. The summed E-state index contributed by atoms with van der Waals surface area (Å²) in [6.07, 6.45) is 8.35. The lowest BCUT2D eigenvalue weighted by Crippen LogP contribution is -2.30. The van der Waals surface area contributed by atoms with Crippen molar-refractivity contribution >= 4 is 11.6 Å². The minimum Gasteiger partial charge on any atom is -0.315 e. The molecule has 4 unspecified atom stereocenters. The second-order valence-corrected chi connectivity index (χ2v) is 6.10. The fraction of sp³-hybridized carbons (Fsp3) is 1.00. The van der Waals surface area contributed by atoms with Crippen molar-refractivity contribution in [3.05, 3.63) is 0 Å². The van der Waals surface area contributed by atoms with Crippen LogP contribution < -0.4 is 5.32 Å². The van der Waals surface area contributed by atoms with Gasteiger partial charge in [-0.25, -0.2) is 0 Å². The minimum absolute atomic E-state index is 0.341.